The number of ether oxygens (including phenoxy) is 2. The molecule has 2 heterocycles. The number of aromatic hydroxyl groups is 1. The number of rotatable bonds is 9. The molecule has 3 aromatic rings. The Balaban J connectivity index is 1.59. The van der Waals surface area contributed by atoms with Gasteiger partial charge < -0.3 is 29.2 Å². The van der Waals surface area contributed by atoms with Gasteiger partial charge in [-0.1, -0.05) is 6.07 Å². The number of fused-ring (bicyclic) bond motifs is 1. The molecular formula is C31H34FN3O5. The first-order chi connectivity index (χ1) is 19.3. The van der Waals surface area contributed by atoms with E-state index in [9.17, 15) is 14.3 Å². The number of nitrogens with zero attached hydrogens (tertiary/aromatic N) is 1. The maximum absolute atomic E-state index is 14.7. The lowest BCUT2D eigenvalue weighted by Gasteiger charge is -2.25. The summed E-state index contributed by atoms with van der Waals surface area (Å²) in [4.78, 5) is 16.0. The van der Waals surface area contributed by atoms with Crippen LogP contribution in [0.15, 0.2) is 58.7 Å². The standard InChI is InChI=1S/C31H34FN3O5/c1-18-24(12-19-13-26(38-3)30(36)27(14-19)39-4)23-8-7-20(32)15-25(23)28(18)29(34-21-9-10-35(2)17-21)31(37)33-16-22-6-5-11-40-22/h5-8,11-15,21,29,34,36H,9-10,16-17H2,1-4H3,(H,33,37)/b24-12-. The predicted octanol–water partition coefficient (Wildman–Crippen LogP) is 4.45. The van der Waals surface area contributed by atoms with E-state index in [-0.39, 0.29) is 41.6 Å². The second kappa shape index (κ2) is 11.6. The molecule has 1 fully saturated rings. The molecule has 2 unspecified atom stereocenters. The first-order valence-corrected chi connectivity index (χ1v) is 13.2. The Morgan fingerprint density at radius 2 is 1.95 bits per heavy atom. The second-order valence-corrected chi connectivity index (χ2v) is 10.2. The zero-order chi connectivity index (χ0) is 28.4. The van der Waals surface area contributed by atoms with Crippen LogP contribution in [-0.4, -0.2) is 62.4 Å². The quantitative estimate of drug-likeness (QED) is 0.364. The van der Waals surface area contributed by atoms with Crippen molar-refractivity contribution in [1.29, 1.82) is 0 Å². The molecule has 5 rings (SSSR count). The SMILES string of the molecule is COc1cc(/C=C2/C(C)=C(C(NC3CCN(C)C3)C(=O)NCc3ccco3)c3cc(F)ccc32)cc(OC)c1O. The lowest BCUT2D eigenvalue weighted by atomic mass is 9.96. The Kier molecular flexibility index (Phi) is 7.95. The van der Waals surface area contributed by atoms with E-state index in [1.54, 1.807) is 36.6 Å². The van der Waals surface area contributed by atoms with Gasteiger partial charge in [0.25, 0.3) is 0 Å². The van der Waals surface area contributed by atoms with Crippen LogP contribution in [0, 0.1) is 5.82 Å². The van der Waals surface area contributed by atoms with E-state index < -0.39 is 6.04 Å². The van der Waals surface area contributed by atoms with Gasteiger partial charge in [0.15, 0.2) is 11.5 Å². The number of carbonyl (C=O) groups excluding carboxylic acids is 1. The van der Waals surface area contributed by atoms with Gasteiger partial charge in [0.1, 0.15) is 17.6 Å². The smallest absolute Gasteiger partial charge is 0.242 e. The average molecular weight is 548 g/mol. The Hall–Kier alpha value is -4.08. The van der Waals surface area contributed by atoms with Crippen LogP contribution in [-0.2, 0) is 11.3 Å². The van der Waals surface area contributed by atoms with E-state index in [4.69, 9.17) is 13.9 Å². The molecule has 2 aliphatic rings. The molecule has 1 aliphatic heterocycles. The van der Waals surface area contributed by atoms with Crippen LogP contribution in [0.3, 0.4) is 0 Å². The topological polar surface area (TPSA) is 96.2 Å². The third kappa shape index (κ3) is 5.48. The van der Waals surface area contributed by atoms with E-state index in [1.807, 2.05) is 13.0 Å². The monoisotopic (exact) mass is 547 g/mol. The highest BCUT2D eigenvalue weighted by molar-refractivity contribution is 6.11. The van der Waals surface area contributed by atoms with Gasteiger partial charge in [-0.05, 0) is 103 Å². The highest BCUT2D eigenvalue weighted by atomic mass is 19.1. The maximum Gasteiger partial charge on any atom is 0.242 e. The summed E-state index contributed by atoms with van der Waals surface area (Å²) in [5, 5.41) is 16.9. The minimum Gasteiger partial charge on any atom is -0.502 e. The van der Waals surface area contributed by atoms with Crippen molar-refractivity contribution in [3.8, 4) is 17.2 Å². The van der Waals surface area contributed by atoms with Crippen molar-refractivity contribution in [2.45, 2.75) is 32.0 Å². The van der Waals surface area contributed by atoms with Crippen LogP contribution in [0.5, 0.6) is 17.2 Å². The molecule has 9 heteroatoms. The minimum absolute atomic E-state index is 0.0898. The number of likely N-dealkylation sites (tertiary alicyclic amines) is 1. The Bertz CT molecular complexity index is 1440. The molecule has 1 amide bonds. The molecular weight excluding hydrogens is 513 g/mol. The number of furan rings is 1. The third-order valence-electron chi connectivity index (χ3n) is 7.54. The zero-order valence-electron chi connectivity index (χ0n) is 23.1. The van der Waals surface area contributed by atoms with E-state index >= 15 is 0 Å². The van der Waals surface area contributed by atoms with Gasteiger partial charge >= 0.3 is 0 Å². The number of hydrogen-bond donors (Lipinski definition) is 3. The minimum atomic E-state index is -0.721. The first kappa shape index (κ1) is 27.5. The number of nitrogens with one attached hydrogen (secondary N) is 2. The molecule has 2 aromatic carbocycles. The molecule has 210 valence electrons. The fraction of sp³-hybridized carbons (Fsp3) is 0.323. The van der Waals surface area contributed by atoms with Crippen LogP contribution < -0.4 is 20.1 Å². The number of benzene rings is 2. The first-order valence-electron chi connectivity index (χ1n) is 13.2. The molecule has 0 saturated carbocycles. The molecule has 0 spiro atoms. The molecule has 0 bridgehead atoms. The number of likely N-dealkylation sites (N-methyl/N-ethyl adjacent to an activating group) is 1. The number of amides is 1. The van der Waals surface area contributed by atoms with Crippen LogP contribution in [0.1, 0.15) is 35.8 Å². The number of allylic oxidation sites excluding steroid dienone is 2. The number of carbonyl (C=O) groups is 1. The van der Waals surface area contributed by atoms with E-state index in [1.165, 1.54) is 26.4 Å². The van der Waals surface area contributed by atoms with Crippen molar-refractivity contribution in [2.24, 2.45) is 0 Å². The van der Waals surface area contributed by atoms with E-state index in [0.717, 1.165) is 47.4 Å². The summed E-state index contributed by atoms with van der Waals surface area (Å²) in [6, 6.07) is 11.0. The lowest BCUT2D eigenvalue weighted by Crippen LogP contribution is -2.49. The summed E-state index contributed by atoms with van der Waals surface area (Å²) in [5.41, 5.74) is 4.62. The highest BCUT2D eigenvalue weighted by Crippen LogP contribution is 2.45. The molecule has 1 aromatic heterocycles. The maximum atomic E-state index is 14.7. The van der Waals surface area contributed by atoms with Crippen LogP contribution >= 0.6 is 0 Å². The van der Waals surface area contributed by atoms with Crippen LogP contribution in [0.2, 0.25) is 0 Å². The van der Waals surface area contributed by atoms with Gasteiger partial charge in [-0.25, -0.2) is 4.39 Å². The normalized spacial score (nSPS) is 18.7. The number of halogens is 1. The largest absolute Gasteiger partial charge is 0.502 e. The molecule has 0 radical (unpaired) electrons. The number of phenolic OH excluding ortho intramolecular Hbond substituents is 1. The lowest BCUT2D eigenvalue weighted by molar-refractivity contribution is -0.122. The predicted molar refractivity (Wildman–Crippen MR) is 151 cm³/mol. The van der Waals surface area contributed by atoms with Crippen LogP contribution in [0.4, 0.5) is 4.39 Å². The zero-order valence-corrected chi connectivity index (χ0v) is 23.1. The van der Waals surface area contributed by atoms with Crippen molar-refractivity contribution in [2.75, 3.05) is 34.4 Å². The van der Waals surface area contributed by atoms with Gasteiger partial charge in [-0.3, -0.25) is 10.1 Å². The summed E-state index contributed by atoms with van der Waals surface area (Å²) < 4.78 is 30.8. The molecule has 2 atom stereocenters. The second-order valence-electron chi connectivity index (χ2n) is 10.2. The summed E-state index contributed by atoms with van der Waals surface area (Å²) >= 11 is 0. The molecule has 1 saturated heterocycles. The number of methoxy groups -OCH3 is 2. The molecule has 3 N–H and O–H groups in total. The van der Waals surface area contributed by atoms with Crippen LogP contribution in [0.25, 0.3) is 17.2 Å². The van der Waals surface area contributed by atoms with Crippen molar-refractivity contribution in [3.05, 3.63) is 82.6 Å². The van der Waals surface area contributed by atoms with E-state index in [0.29, 0.717) is 11.3 Å². The highest BCUT2D eigenvalue weighted by Gasteiger charge is 2.36. The number of hydrogen-bond acceptors (Lipinski definition) is 7. The summed E-state index contributed by atoms with van der Waals surface area (Å²) in [6.45, 7) is 3.92. The van der Waals surface area contributed by atoms with Crippen molar-refractivity contribution in [1.82, 2.24) is 15.5 Å². The average Bonchev–Trinajstić information content (AvgIpc) is 3.67. The molecule has 40 heavy (non-hydrogen) atoms. The number of phenols is 1. The van der Waals surface area contributed by atoms with Gasteiger partial charge in [-0.2, -0.15) is 0 Å². The van der Waals surface area contributed by atoms with Gasteiger partial charge in [0.2, 0.25) is 11.7 Å². The van der Waals surface area contributed by atoms with Crippen molar-refractivity contribution in [3.63, 3.8) is 0 Å². The van der Waals surface area contributed by atoms with Gasteiger partial charge in [-0.15, -0.1) is 0 Å². The fourth-order valence-corrected chi connectivity index (χ4v) is 5.53. The van der Waals surface area contributed by atoms with Gasteiger partial charge in [0, 0.05) is 12.6 Å². The van der Waals surface area contributed by atoms with Gasteiger partial charge in [0.05, 0.1) is 27.0 Å². The van der Waals surface area contributed by atoms with E-state index in [2.05, 4.69) is 22.6 Å². The molecule has 1 aliphatic carbocycles. The summed E-state index contributed by atoms with van der Waals surface area (Å²) in [6.07, 6.45) is 4.40. The van der Waals surface area contributed by atoms with Crippen molar-refractivity contribution < 1.29 is 28.2 Å². The Labute approximate surface area is 233 Å². The fourth-order valence-electron chi connectivity index (χ4n) is 5.53. The Morgan fingerprint density at radius 3 is 2.58 bits per heavy atom. The summed E-state index contributed by atoms with van der Waals surface area (Å²) in [5.74, 6) is 0.499. The Morgan fingerprint density at radius 1 is 1.20 bits per heavy atom. The molecule has 8 nitrogen and oxygen atoms in total. The van der Waals surface area contributed by atoms with Crippen molar-refractivity contribution >= 4 is 23.1 Å². The summed E-state index contributed by atoms with van der Waals surface area (Å²) in [7, 11) is 5.00. The third-order valence-corrected chi connectivity index (χ3v) is 7.54.